The van der Waals surface area contributed by atoms with Gasteiger partial charge < -0.3 is 20.3 Å². The Bertz CT molecular complexity index is 495. The fourth-order valence-corrected chi connectivity index (χ4v) is 2.70. The molecule has 24 heavy (non-hydrogen) atoms. The van der Waals surface area contributed by atoms with E-state index < -0.39 is 0 Å². The van der Waals surface area contributed by atoms with Gasteiger partial charge in [-0.05, 0) is 18.2 Å². The first-order valence-corrected chi connectivity index (χ1v) is 8.63. The Labute approximate surface area is 145 Å². The topological polar surface area (TPSA) is 52.1 Å². The summed E-state index contributed by atoms with van der Waals surface area (Å²) in [4.78, 5) is 9.11. The van der Waals surface area contributed by atoms with Crippen LogP contribution in [0.1, 0.15) is 11.1 Å². The smallest absolute Gasteiger partial charge is 0.191 e. The van der Waals surface area contributed by atoms with E-state index in [1.165, 1.54) is 11.1 Å². The Balaban J connectivity index is 1.75. The lowest BCUT2D eigenvalue weighted by Crippen LogP contribution is -2.43. The summed E-state index contributed by atoms with van der Waals surface area (Å²) in [5.41, 5.74) is 2.64. The Morgan fingerprint density at radius 2 is 1.75 bits per heavy atom. The third kappa shape index (κ3) is 6.47. The molecule has 1 aromatic rings. The monoisotopic (exact) mass is 333 g/mol. The minimum atomic E-state index is 0.668. The minimum Gasteiger partial charge on any atom is -0.383 e. The Morgan fingerprint density at radius 1 is 1.08 bits per heavy atom. The quantitative estimate of drug-likeness (QED) is 0.438. The number of nitrogens with one attached hydrogen (secondary N) is 2. The van der Waals surface area contributed by atoms with E-state index >= 15 is 0 Å². The molecule has 0 radical (unpaired) electrons. The first kappa shape index (κ1) is 18.7. The molecular weight excluding hydrogens is 302 g/mol. The molecular formula is C18H31N5O. The van der Waals surface area contributed by atoms with Crippen LogP contribution in [-0.2, 0) is 17.8 Å². The van der Waals surface area contributed by atoms with Crippen molar-refractivity contribution in [1.29, 1.82) is 0 Å². The molecule has 6 nitrogen and oxygen atoms in total. The van der Waals surface area contributed by atoms with Crippen molar-refractivity contribution >= 4 is 5.96 Å². The molecule has 1 aliphatic heterocycles. The summed E-state index contributed by atoms with van der Waals surface area (Å²) in [7, 11) is 5.67. The van der Waals surface area contributed by atoms with E-state index in [4.69, 9.17) is 4.74 Å². The molecule has 0 aromatic heterocycles. The zero-order valence-electron chi connectivity index (χ0n) is 15.2. The molecule has 134 valence electrons. The summed E-state index contributed by atoms with van der Waals surface area (Å²) < 4.78 is 5.03. The number of methoxy groups -OCH3 is 1. The predicted molar refractivity (Wildman–Crippen MR) is 99.3 cm³/mol. The predicted octanol–water partition coefficient (Wildman–Crippen LogP) is 0.745. The van der Waals surface area contributed by atoms with E-state index in [0.29, 0.717) is 6.61 Å². The van der Waals surface area contributed by atoms with Gasteiger partial charge >= 0.3 is 0 Å². The van der Waals surface area contributed by atoms with Gasteiger partial charge in [0.05, 0.1) is 6.61 Å². The number of hydrogen-bond donors (Lipinski definition) is 2. The van der Waals surface area contributed by atoms with Crippen molar-refractivity contribution in [3.05, 3.63) is 35.4 Å². The zero-order valence-corrected chi connectivity index (χ0v) is 15.2. The molecule has 0 saturated carbocycles. The molecule has 0 atom stereocenters. The maximum absolute atomic E-state index is 5.03. The summed E-state index contributed by atoms with van der Waals surface area (Å²) in [6.07, 6.45) is 0. The van der Waals surface area contributed by atoms with Gasteiger partial charge in [-0.1, -0.05) is 24.3 Å². The van der Waals surface area contributed by atoms with Crippen LogP contribution < -0.4 is 10.6 Å². The summed E-state index contributed by atoms with van der Waals surface area (Å²) in [6.45, 7) is 7.87. The van der Waals surface area contributed by atoms with Crippen LogP contribution >= 0.6 is 0 Å². The highest BCUT2D eigenvalue weighted by atomic mass is 16.5. The van der Waals surface area contributed by atoms with Crippen molar-refractivity contribution in [2.45, 2.75) is 13.1 Å². The number of likely N-dealkylation sites (N-methyl/N-ethyl adjacent to an activating group) is 1. The number of benzene rings is 1. The third-order valence-electron chi connectivity index (χ3n) is 4.31. The summed E-state index contributed by atoms with van der Waals surface area (Å²) >= 11 is 0. The lowest BCUT2D eigenvalue weighted by atomic mass is 10.1. The lowest BCUT2D eigenvalue weighted by Gasteiger charge is -2.32. The second-order valence-electron chi connectivity index (χ2n) is 6.24. The first-order chi connectivity index (χ1) is 11.7. The van der Waals surface area contributed by atoms with E-state index in [0.717, 1.165) is 51.8 Å². The highest BCUT2D eigenvalue weighted by Crippen LogP contribution is 2.09. The van der Waals surface area contributed by atoms with Crippen LogP contribution in [0.4, 0.5) is 0 Å². The zero-order chi connectivity index (χ0) is 17.2. The Morgan fingerprint density at radius 3 is 2.38 bits per heavy atom. The average Bonchev–Trinajstić information content (AvgIpc) is 2.61. The van der Waals surface area contributed by atoms with Gasteiger partial charge in [0.25, 0.3) is 0 Å². The third-order valence-corrected chi connectivity index (χ3v) is 4.31. The maximum atomic E-state index is 5.03. The second kappa shape index (κ2) is 10.3. The van der Waals surface area contributed by atoms with Gasteiger partial charge in [0.15, 0.2) is 5.96 Å². The van der Waals surface area contributed by atoms with Gasteiger partial charge in [0.2, 0.25) is 0 Å². The number of guanidine groups is 1. The van der Waals surface area contributed by atoms with Gasteiger partial charge in [-0.15, -0.1) is 0 Å². The molecule has 2 N–H and O–H groups in total. The van der Waals surface area contributed by atoms with E-state index in [9.17, 15) is 0 Å². The number of hydrogen-bond acceptors (Lipinski definition) is 4. The molecule has 2 rings (SSSR count). The largest absolute Gasteiger partial charge is 0.383 e. The van der Waals surface area contributed by atoms with Crippen LogP contribution in [0, 0.1) is 0 Å². The van der Waals surface area contributed by atoms with Gasteiger partial charge in [0.1, 0.15) is 0 Å². The van der Waals surface area contributed by atoms with Crippen LogP contribution in [0.5, 0.6) is 0 Å². The van der Waals surface area contributed by atoms with Crippen molar-refractivity contribution in [2.24, 2.45) is 4.99 Å². The number of rotatable bonds is 7. The van der Waals surface area contributed by atoms with Crippen LogP contribution in [-0.4, -0.2) is 76.3 Å². The normalized spacial score (nSPS) is 17.0. The van der Waals surface area contributed by atoms with Crippen molar-refractivity contribution in [3.63, 3.8) is 0 Å². The first-order valence-electron chi connectivity index (χ1n) is 8.63. The Hall–Kier alpha value is -1.63. The maximum Gasteiger partial charge on any atom is 0.191 e. The molecule has 1 aliphatic rings. The molecule has 6 heteroatoms. The van der Waals surface area contributed by atoms with Gasteiger partial charge in [-0.2, -0.15) is 0 Å². The summed E-state index contributed by atoms with van der Waals surface area (Å²) in [5.74, 6) is 0.800. The highest BCUT2D eigenvalue weighted by Gasteiger charge is 2.13. The van der Waals surface area contributed by atoms with E-state index in [-0.39, 0.29) is 0 Å². The van der Waals surface area contributed by atoms with Gasteiger partial charge in [-0.3, -0.25) is 9.89 Å². The molecule has 1 heterocycles. The molecule has 0 aliphatic carbocycles. The molecule has 1 fully saturated rings. The van der Waals surface area contributed by atoms with Crippen molar-refractivity contribution in [1.82, 2.24) is 20.4 Å². The average molecular weight is 333 g/mol. The number of nitrogens with zero attached hydrogens (tertiary/aromatic N) is 3. The molecule has 1 saturated heterocycles. The van der Waals surface area contributed by atoms with Gasteiger partial charge in [0, 0.05) is 60.0 Å². The fourth-order valence-electron chi connectivity index (χ4n) is 2.70. The minimum absolute atomic E-state index is 0.668. The Kier molecular flexibility index (Phi) is 8.01. The van der Waals surface area contributed by atoms with E-state index in [1.807, 2.05) is 0 Å². The summed E-state index contributed by atoms with van der Waals surface area (Å²) in [5, 5.41) is 6.53. The summed E-state index contributed by atoms with van der Waals surface area (Å²) in [6, 6.07) is 8.86. The number of piperazine rings is 1. The van der Waals surface area contributed by atoms with Crippen LogP contribution in [0.25, 0.3) is 0 Å². The molecule has 0 unspecified atom stereocenters. The molecule has 0 amide bonds. The molecule has 0 bridgehead atoms. The van der Waals surface area contributed by atoms with Gasteiger partial charge in [-0.25, -0.2) is 0 Å². The SMILES string of the molecule is CN=C(NCCOC)NCc1ccc(CN2CCN(C)CC2)cc1. The van der Waals surface area contributed by atoms with Crippen LogP contribution in [0.15, 0.2) is 29.3 Å². The fraction of sp³-hybridized carbons (Fsp3) is 0.611. The van der Waals surface area contributed by atoms with Crippen LogP contribution in [0.3, 0.4) is 0 Å². The number of aliphatic imine (C=N–C) groups is 1. The molecule has 1 aromatic carbocycles. The van der Waals surface area contributed by atoms with E-state index in [1.54, 1.807) is 14.2 Å². The second-order valence-corrected chi connectivity index (χ2v) is 6.24. The lowest BCUT2D eigenvalue weighted by molar-refractivity contribution is 0.148. The van der Waals surface area contributed by atoms with E-state index in [2.05, 4.69) is 56.7 Å². The number of ether oxygens (including phenoxy) is 1. The van der Waals surface area contributed by atoms with Crippen molar-refractivity contribution in [2.75, 3.05) is 60.5 Å². The van der Waals surface area contributed by atoms with Crippen molar-refractivity contribution in [3.8, 4) is 0 Å². The standard InChI is InChI=1S/C18H31N5O/c1-19-18(20-8-13-24-3)21-14-16-4-6-17(7-5-16)15-23-11-9-22(2)10-12-23/h4-7H,8-15H2,1-3H3,(H2,19,20,21). The van der Waals surface area contributed by atoms with Crippen LogP contribution in [0.2, 0.25) is 0 Å². The van der Waals surface area contributed by atoms with Crippen molar-refractivity contribution < 1.29 is 4.74 Å². The molecule has 0 spiro atoms. The highest BCUT2D eigenvalue weighted by molar-refractivity contribution is 5.79.